The first kappa shape index (κ1) is 34.5. The van der Waals surface area contributed by atoms with Crippen molar-refractivity contribution in [1.29, 1.82) is 0 Å². The number of aliphatic hydroxyl groups is 1. The van der Waals surface area contributed by atoms with E-state index in [1.165, 1.54) is 6.92 Å². The second-order valence-electron chi connectivity index (χ2n) is 10.2. The molecule has 0 saturated carbocycles. The molecule has 0 spiro atoms. The number of carboxylic acid groups (broad SMARTS) is 2. The van der Waals surface area contributed by atoms with Gasteiger partial charge < -0.3 is 53.5 Å². The number of nitrogens with two attached hydrogens (primary N) is 3. The van der Waals surface area contributed by atoms with E-state index in [4.69, 9.17) is 22.3 Å². The number of amides is 3. The number of guanidine groups is 1. The third-order valence-corrected chi connectivity index (χ3v) is 6.51. The molecule has 0 aliphatic carbocycles. The number of aliphatic carboxylic acids is 2. The Bertz CT molecular complexity index is 1310. The normalized spacial score (nSPS) is 14.5. The summed E-state index contributed by atoms with van der Waals surface area (Å²) in [5, 5.41) is 36.7. The Morgan fingerprint density at radius 3 is 2.19 bits per heavy atom. The first-order valence-electron chi connectivity index (χ1n) is 13.7. The van der Waals surface area contributed by atoms with Crippen molar-refractivity contribution in [3.63, 3.8) is 0 Å². The van der Waals surface area contributed by atoms with Gasteiger partial charge in [0.25, 0.3) is 0 Å². The van der Waals surface area contributed by atoms with Gasteiger partial charge in [-0.05, 0) is 37.8 Å². The number of H-pyrrole nitrogens is 1. The highest BCUT2D eigenvalue weighted by Gasteiger charge is 2.31. The summed E-state index contributed by atoms with van der Waals surface area (Å²) in [6.45, 7) is 1.53. The number of aliphatic hydroxyl groups excluding tert-OH is 1. The van der Waals surface area contributed by atoms with Gasteiger partial charge in [0.15, 0.2) is 5.96 Å². The van der Waals surface area contributed by atoms with Crippen molar-refractivity contribution >= 4 is 46.5 Å². The maximum absolute atomic E-state index is 13.5. The summed E-state index contributed by atoms with van der Waals surface area (Å²) in [6, 6.07) is 2.09. The lowest BCUT2D eigenvalue weighted by atomic mass is 10.0. The average molecular weight is 605 g/mol. The van der Waals surface area contributed by atoms with Crippen molar-refractivity contribution in [2.45, 2.75) is 75.7 Å². The van der Waals surface area contributed by atoms with Crippen LogP contribution in [0.2, 0.25) is 0 Å². The Labute approximate surface area is 247 Å². The molecule has 0 fully saturated rings. The maximum atomic E-state index is 13.5. The van der Waals surface area contributed by atoms with Crippen LogP contribution in [0.4, 0.5) is 0 Å². The molecule has 1 heterocycles. The van der Waals surface area contributed by atoms with Crippen LogP contribution in [0.3, 0.4) is 0 Å². The third kappa shape index (κ3) is 11.6. The lowest BCUT2D eigenvalue weighted by molar-refractivity contribution is -0.142. The van der Waals surface area contributed by atoms with Crippen LogP contribution in [0.5, 0.6) is 0 Å². The predicted molar refractivity (Wildman–Crippen MR) is 156 cm³/mol. The number of carboxylic acids is 2. The summed E-state index contributed by atoms with van der Waals surface area (Å²) in [6.07, 6.45) is 0.0113. The summed E-state index contributed by atoms with van der Waals surface area (Å²) in [4.78, 5) is 69.0. The van der Waals surface area contributed by atoms with Gasteiger partial charge in [-0.25, -0.2) is 4.79 Å². The highest BCUT2D eigenvalue weighted by Crippen LogP contribution is 2.19. The van der Waals surface area contributed by atoms with Gasteiger partial charge in [0.05, 0.1) is 12.1 Å². The molecule has 1 aromatic carbocycles. The van der Waals surface area contributed by atoms with Crippen LogP contribution in [0.25, 0.3) is 10.9 Å². The molecule has 13 N–H and O–H groups in total. The van der Waals surface area contributed by atoms with E-state index in [-0.39, 0.29) is 51.0 Å². The first-order chi connectivity index (χ1) is 20.3. The number of rotatable bonds is 18. The van der Waals surface area contributed by atoms with E-state index in [0.29, 0.717) is 5.56 Å². The average Bonchev–Trinajstić information content (AvgIpc) is 3.34. The van der Waals surface area contributed by atoms with E-state index in [1.807, 2.05) is 18.2 Å². The number of nitrogens with zero attached hydrogens (tertiary/aromatic N) is 1. The zero-order valence-corrected chi connectivity index (χ0v) is 23.8. The van der Waals surface area contributed by atoms with Gasteiger partial charge >= 0.3 is 11.9 Å². The molecule has 16 nitrogen and oxygen atoms in total. The summed E-state index contributed by atoms with van der Waals surface area (Å²) in [5.41, 5.74) is 17.8. The monoisotopic (exact) mass is 604 g/mol. The molecule has 3 amide bonds. The highest BCUT2D eigenvalue weighted by molar-refractivity contribution is 5.95. The predicted octanol–water partition coefficient (Wildman–Crippen LogP) is -1.73. The smallest absolute Gasteiger partial charge is 0.326 e. The minimum absolute atomic E-state index is 0.0132. The van der Waals surface area contributed by atoms with Crippen molar-refractivity contribution < 1.29 is 39.3 Å². The molecule has 16 heteroatoms. The van der Waals surface area contributed by atoms with Crippen molar-refractivity contribution in [3.05, 3.63) is 36.0 Å². The summed E-state index contributed by atoms with van der Waals surface area (Å²) in [5.74, 6) is -5.06. The Morgan fingerprint density at radius 2 is 1.56 bits per heavy atom. The molecule has 2 aromatic rings. The van der Waals surface area contributed by atoms with Crippen LogP contribution in [0.15, 0.2) is 35.5 Å². The number of benzene rings is 1. The minimum Gasteiger partial charge on any atom is -0.481 e. The first-order valence-corrected chi connectivity index (χ1v) is 13.7. The number of hydrogen-bond acceptors (Lipinski definition) is 8. The number of nitrogens with one attached hydrogen (secondary N) is 4. The number of hydrogen-bond donors (Lipinski definition) is 10. The molecule has 0 aliphatic heterocycles. The topological polar surface area (TPSA) is 288 Å². The van der Waals surface area contributed by atoms with E-state index in [2.05, 4.69) is 25.9 Å². The molecular formula is C27H40N8O8. The van der Waals surface area contributed by atoms with Crippen LogP contribution in [0.1, 0.15) is 44.6 Å². The zero-order chi connectivity index (χ0) is 32.1. The van der Waals surface area contributed by atoms with Gasteiger partial charge in [-0.2, -0.15) is 0 Å². The molecule has 0 bridgehead atoms. The van der Waals surface area contributed by atoms with Gasteiger partial charge in [-0.15, -0.1) is 0 Å². The molecule has 5 atom stereocenters. The molecular weight excluding hydrogens is 564 g/mol. The molecule has 0 saturated heterocycles. The van der Waals surface area contributed by atoms with Crippen molar-refractivity contribution in [2.75, 3.05) is 6.54 Å². The van der Waals surface area contributed by atoms with Crippen LogP contribution in [-0.4, -0.2) is 92.7 Å². The van der Waals surface area contributed by atoms with E-state index >= 15 is 0 Å². The summed E-state index contributed by atoms with van der Waals surface area (Å²) < 4.78 is 0. The fourth-order valence-electron chi connectivity index (χ4n) is 4.30. The van der Waals surface area contributed by atoms with Crippen molar-refractivity contribution in [1.82, 2.24) is 20.9 Å². The number of aromatic amines is 1. The molecule has 0 aliphatic rings. The highest BCUT2D eigenvalue weighted by atomic mass is 16.4. The number of aliphatic imine (C=N–C) groups is 1. The Hall–Kier alpha value is -4.70. The maximum Gasteiger partial charge on any atom is 0.326 e. The fraction of sp³-hybridized carbons (Fsp3) is 0.481. The number of fused-ring (bicyclic) bond motifs is 1. The largest absolute Gasteiger partial charge is 0.481 e. The summed E-state index contributed by atoms with van der Waals surface area (Å²) in [7, 11) is 0. The quantitative estimate of drug-likeness (QED) is 0.0518. The molecule has 0 radical (unpaired) electrons. The van der Waals surface area contributed by atoms with Crippen LogP contribution in [-0.2, 0) is 30.4 Å². The molecule has 236 valence electrons. The number of carbonyl (C=O) groups excluding carboxylic acids is 3. The van der Waals surface area contributed by atoms with Gasteiger partial charge in [-0.1, -0.05) is 18.2 Å². The number of carbonyl (C=O) groups is 5. The van der Waals surface area contributed by atoms with Crippen LogP contribution in [0, 0.1) is 0 Å². The van der Waals surface area contributed by atoms with Gasteiger partial charge in [0.1, 0.15) is 18.1 Å². The molecule has 1 aromatic heterocycles. The third-order valence-electron chi connectivity index (χ3n) is 6.51. The fourth-order valence-corrected chi connectivity index (χ4v) is 4.30. The molecule has 43 heavy (non-hydrogen) atoms. The lowest BCUT2D eigenvalue weighted by Crippen LogP contribution is -2.58. The zero-order valence-electron chi connectivity index (χ0n) is 23.8. The van der Waals surface area contributed by atoms with Gasteiger partial charge in [0, 0.05) is 42.9 Å². The van der Waals surface area contributed by atoms with Gasteiger partial charge in [-0.3, -0.25) is 24.2 Å². The van der Waals surface area contributed by atoms with E-state index < -0.39 is 59.9 Å². The van der Waals surface area contributed by atoms with E-state index in [9.17, 15) is 34.2 Å². The molecule has 2 rings (SSSR count). The standard InChI is InChI=1S/C27H40N8O8/c1-14(36)11-20(24(40)33-19(26(42)43)7-4-10-31-27(29)30)35-25(41)21(34-23(39)17(28)8-9-22(37)38)12-15-13-32-18-6-3-2-5-16(15)18/h2-3,5-6,13-14,17,19-21,32,36H,4,7-12,28H2,1H3,(H,33,40)(H,34,39)(H,35,41)(H,37,38)(H,42,43)(H4,29,30,31)/t14-,17+,19+,20+,21+/m1/s1. The van der Waals surface area contributed by atoms with Crippen LogP contribution >= 0.6 is 0 Å². The second-order valence-corrected chi connectivity index (χ2v) is 10.2. The minimum atomic E-state index is -1.37. The van der Waals surface area contributed by atoms with Crippen molar-refractivity contribution in [2.24, 2.45) is 22.2 Å². The number of aromatic nitrogens is 1. The second kappa shape index (κ2) is 16.7. The Kier molecular flexibility index (Phi) is 13.4. The van der Waals surface area contributed by atoms with Crippen molar-refractivity contribution in [3.8, 4) is 0 Å². The Morgan fingerprint density at radius 1 is 0.930 bits per heavy atom. The van der Waals surface area contributed by atoms with Crippen LogP contribution < -0.4 is 33.2 Å². The molecule has 0 unspecified atom stereocenters. The lowest BCUT2D eigenvalue weighted by Gasteiger charge is -2.26. The Balaban J connectivity index is 2.25. The van der Waals surface area contributed by atoms with E-state index in [0.717, 1.165) is 10.9 Å². The number of para-hydroxylation sites is 1. The van der Waals surface area contributed by atoms with E-state index in [1.54, 1.807) is 12.3 Å². The SMILES string of the molecule is C[C@@H](O)C[C@H](NC(=O)[C@H](Cc1c[nH]c2ccccc12)NC(=O)[C@@H](N)CCC(=O)O)C(=O)N[C@@H](CCCN=C(N)N)C(=O)O. The summed E-state index contributed by atoms with van der Waals surface area (Å²) >= 11 is 0. The van der Waals surface area contributed by atoms with Gasteiger partial charge in [0.2, 0.25) is 17.7 Å².